The van der Waals surface area contributed by atoms with Crippen LogP contribution in [0.1, 0.15) is 87.6 Å². The number of ether oxygens (including phenoxy) is 1. The number of unbranched alkanes of at least 4 members (excludes halogenated alkanes) is 6. The van der Waals surface area contributed by atoms with Gasteiger partial charge in [-0.25, -0.2) is 0 Å². The van der Waals surface area contributed by atoms with E-state index >= 15 is 0 Å². The summed E-state index contributed by atoms with van der Waals surface area (Å²) in [6.07, 6.45) is 8.26. The first-order chi connectivity index (χ1) is 12.5. The Morgan fingerprint density at radius 1 is 0.923 bits per heavy atom. The SMILES string of the molecule is CCCCCCCCC(=O)c1c(O)cc(O)cc1CC(=O)OCCCC. The molecular weight excluding hydrogens is 332 g/mol. The third-order valence-electron chi connectivity index (χ3n) is 4.32. The van der Waals surface area contributed by atoms with Crippen LogP contribution in [0.2, 0.25) is 0 Å². The van der Waals surface area contributed by atoms with E-state index in [1.54, 1.807) is 0 Å². The monoisotopic (exact) mass is 364 g/mol. The van der Waals surface area contributed by atoms with E-state index in [1.807, 2.05) is 6.92 Å². The maximum absolute atomic E-state index is 12.5. The minimum absolute atomic E-state index is 0.129. The second-order valence-electron chi connectivity index (χ2n) is 6.69. The fourth-order valence-corrected chi connectivity index (χ4v) is 2.86. The van der Waals surface area contributed by atoms with Gasteiger partial charge in [-0.05, 0) is 24.5 Å². The Bertz CT molecular complexity index is 580. The van der Waals surface area contributed by atoms with Crippen molar-refractivity contribution in [2.75, 3.05) is 6.61 Å². The lowest BCUT2D eigenvalue weighted by Crippen LogP contribution is -2.13. The number of ketones is 1. The van der Waals surface area contributed by atoms with Gasteiger partial charge in [0.1, 0.15) is 11.5 Å². The first-order valence-corrected chi connectivity index (χ1v) is 9.73. The molecule has 0 fully saturated rings. The van der Waals surface area contributed by atoms with E-state index in [9.17, 15) is 19.8 Å². The van der Waals surface area contributed by atoms with E-state index in [0.29, 0.717) is 18.6 Å². The van der Waals surface area contributed by atoms with Crippen LogP contribution in [-0.2, 0) is 16.0 Å². The standard InChI is InChI=1S/C21H32O5/c1-3-5-7-8-9-10-11-18(23)21-16(13-17(22)15-19(21)24)14-20(25)26-12-6-4-2/h13,15,22,24H,3-12,14H2,1-2H3. The van der Waals surface area contributed by atoms with Crippen molar-refractivity contribution >= 4 is 11.8 Å². The topological polar surface area (TPSA) is 83.8 Å². The molecule has 26 heavy (non-hydrogen) atoms. The van der Waals surface area contributed by atoms with Crippen LogP contribution in [-0.4, -0.2) is 28.6 Å². The average molecular weight is 364 g/mol. The largest absolute Gasteiger partial charge is 0.508 e. The number of carbonyl (C=O) groups is 2. The number of Topliss-reactive ketones (excluding diaryl/α,β-unsaturated/α-hetero) is 1. The molecule has 2 N–H and O–H groups in total. The van der Waals surface area contributed by atoms with E-state index < -0.39 is 5.97 Å². The van der Waals surface area contributed by atoms with Crippen LogP contribution in [0.15, 0.2) is 12.1 Å². The minimum Gasteiger partial charge on any atom is -0.508 e. The fraction of sp³-hybridized carbons (Fsp3) is 0.619. The van der Waals surface area contributed by atoms with Crippen molar-refractivity contribution in [3.8, 4) is 11.5 Å². The lowest BCUT2D eigenvalue weighted by molar-refractivity contribution is -0.142. The molecule has 0 radical (unpaired) electrons. The summed E-state index contributed by atoms with van der Waals surface area (Å²) >= 11 is 0. The van der Waals surface area contributed by atoms with Gasteiger partial charge in [-0.2, -0.15) is 0 Å². The van der Waals surface area contributed by atoms with Crippen LogP contribution in [0.3, 0.4) is 0 Å². The van der Waals surface area contributed by atoms with E-state index in [2.05, 4.69) is 6.92 Å². The van der Waals surface area contributed by atoms with E-state index in [4.69, 9.17) is 4.74 Å². The second kappa shape index (κ2) is 12.3. The van der Waals surface area contributed by atoms with Gasteiger partial charge in [-0.1, -0.05) is 52.4 Å². The molecule has 0 aliphatic carbocycles. The van der Waals surface area contributed by atoms with Crippen LogP contribution in [0.4, 0.5) is 0 Å². The molecule has 146 valence electrons. The molecule has 0 saturated heterocycles. The van der Waals surface area contributed by atoms with Crippen molar-refractivity contribution in [1.29, 1.82) is 0 Å². The molecule has 0 atom stereocenters. The van der Waals surface area contributed by atoms with Crippen molar-refractivity contribution in [1.82, 2.24) is 0 Å². The van der Waals surface area contributed by atoms with Gasteiger partial charge in [0.2, 0.25) is 0 Å². The second-order valence-corrected chi connectivity index (χ2v) is 6.69. The summed E-state index contributed by atoms with van der Waals surface area (Å²) in [5.41, 5.74) is 0.448. The van der Waals surface area contributed by atoms with Crippen LogP contribution >= 0.6 is 0 Å². The van der Waals surface area contributed by atoms with Crippen molar-refractivity contribution in [2.45, 2.75) is 78.1 Å². The highest BCUT2D eigenvalue weighted by Gasteiger charge is 2.20. The molecule has 0 aliphatic rings. The highest BCUT2D eigenvalue weighted by atomic mass is 16.5. The number of phenols is 2. The van der Waals surface area contributed by atoms with Gasteiger partial charge >= 0.3 is 5.97 Å². The molecular formula is C21H32O5. The number of hydrogen-bond acceptors (Lipinski definition) is 5. The van der Waals surface area contributed by atoms with Crippen molar-refractivity contribution < 1.29 is 24.5 Å². The average Bonchev–Trinajstić information content (AvgIpc) is 2.57. The Balaban J connectivity index is 2.70. The predicted octanol–water partition coefficient (Wildman–Crippen LogP) is 4.92. The Hall–Kier alpha value is -2.04. The summed E-state index contributed by atoms with van der Waals surface area (Å²) in [5, 5.41) is 19.8. The number of benzene rings is 1. The van der Waals surface area contributed by atoms with Crippen LogP contribution < -0.4 is 0 Å². The molecule has 1 aromatic rings. The summed E-state index contributed by atoms with van der Waals surface area (Å²) in [4.78, 5) is 24.5. The molecule has 0 bridgehead atoms. The van der Waals surface area contributed by atoms with Gasteiger partial charge in [-0.3, -0.25) is 9.59 Å². The third kappa shape index (κ3) is 7.89. The van der Waals surface area contributed by atoms with Crippen molar-refractivity contribution in [3.63, 3.8) is 0 Å². The van der Waals surface area contributed by atoms with Gasteiger partial charge in [-0.15, -0.1) is 0 Å². The van der Waals surface area contributed by atoms with E-state index in [-0.39, 0.29) is 29.3 Å². The zero-order chi connectivity index (χ0) is 19.4. The Morgan fingerprint density at radius 2 is 1.58 bits per heavy atom. The van der Waals surface area contributed by atoms with Gasteiger partial charge in [0.15, 0.2) is 5.78 Å². The zero-order valence-electron chi connectivity index (χ0n) is 16.1. The Labute approximate surface area is 156 Å². The van der Waals surface area contributed by atoms with Gasteiger partial charge in [0.25, 0.3) is 0 Å². The molecule has 0 unspecified atom stereocenters. The third-order valence-corrected chi connectivity index (χ3v) is 4.32. The molecule has 0 aromatic heterocycles. The van der Waals surface area contributed by atoms with E-state index in [0.717, 1.165) is 38.2 Å². The number of esters is 1. The highest BCUT2D eigenvalue weighted by molar-refractivity contribution is 6.01. The summed E-state index contributed by atoms with van der Waals surface area (Å²) in [7, 11) is 0. The number of aromatic hydroxyl groups is 2. The van der Waals surface area contributed by atoms with Gasteiger partial charge in [0.05, 0.1) is 18.6 Å². The maximum atomic E-state index is 12.5. The van der Waals surface area contributed by atoms with Crippen LogP contribution in [0.25, 0.3) is 0 Å². The smallest absolute Gasteiger partial charge is 0.310 e. The molecule has 5 nitrogen and oxygen atoms in total. The minimum atomic E-state index is -0.461. The molecule has 0 amide bonds. The summed E-state index contributed by atoms with van der Waals surface area (Å²) in [5.74, 6) is -1.11. The summed E-state index contributed by atoms with van der Waals surface area (Å²) in [6, 6.07) is 2.50. The van der Waals surface area contributed by atoms with Gasteiger partial charge in [0, 0.05) is 12.5 Å². The Kier molecular flexibility index (Phi) is 10.4. The number of hydrogen-bond donors (Lipinski definition) is 2. The molecule has 0 spiro atoms. The zero-order valence-corrected chi connectivity index (χ0v) is 16.1. The number of carbonyl (C=O) groups excluding carboxylic acids is 2. The number of phenolic OH excluding ortho intramolecular Hbond substituents is 2. The molecule has 5 heteroatoms. The molecule has 0 saturated carbocycles. The lowest BCUT2D eigenvalue weighted by Gasteiger charge is -2.12. The summed E-state index contributed by atoms with van der Waals surface area (Å²) < 4.78 is 5.12. The molecule has 1 rings (SSSR count). The lowest BCUT2D eigenvalue weighted by atomic mass is 9.96. The normalized spacial score (nSPS) is 10.7. The van der Waals surface area contributed by atoms with E-state index in [1.165, 1.54) is 25.3 Å². The molecule has 0 aliphatic heterocycles. The molecule has 0 heterocycles. The van der Waals surface area contributed by atoms with Crippen LogP contribution in [0, 0.1) is 0 Å². The highest BCUT2D eigenvalue weighted by Crippen LogP contribution is 2.29. The van der Waals surface area contributed by atoms with Crippen molar-refractivity contribution in [2.24, 2.45) is 0 Å². The number of rotatable bonds is 13. The Morgan fingerprint density at radius 3 is 2.27 bits per heavy atom. The fourth-order valence-electron chi connectivity index (χ4n) is 2.86. The first-order valence-electron chi connectivity index (χ1n) is 9.73. The predicted molar refractivity (Wildman–Crippen MR) is 102 cm³/mol. The first kappa shape index (κ1) is 22.0. The van der Waals surface area contributed by atoms with Gasteiger partial charge < -0.3 is 14.9 Å². The molecule has 1 aromatic carbocycles. The maximum Gasteiger partial charge on any atom is 0.310 e. The van der Waals surface area contributed by atoms with Crippen LogP contribution in [0.5, 0.6) is 11.5 Å². The van der Waals surface area contributed by atoms with Crippen molar-refractivity contribution in [3.05, 3.63) is 23.3 Å². The summed E-state index contributed by atoms with van der Waals surface area (Å²) in [6.45, 7) is 4.49. The quantitative estimate of drug-likeness (QED) is 0.295.